The molecule has 1 unspecified atom stereocenters. The van der Waals surface area contributed by atoms with E-state index in [1.54, 1.807) is 36.4 Å². The molecule has 0 aliphatic heterocycles. The van der Waals surface area contributed by atoms with Crippen LogP contribution in [0.25, 0.3) is 0 Å². The second-order valence-corrected chi connectivity index (χ2v) is 10.9. The number of aromatic carboxylic acids is 1. The standard InChI is InChI=1S/C29H32N2O4S/c1-2-3-4-5-14-28(36(34,35)27-13-9-7-11-25(27)21-30)31-26-12-8-6-10-23(26)18-15-22-16-19-24(20-17-22)29(32)33/h6-13,16-17,19-20,28,31H,2-5,14-15,18H2,1H3,(H,32,33). The Morgan fingerprint density at radius 2 is 1.64 bits per heavy atom. The minimum Gasteiger partial charge on any atom is -0.478 e. The van der Waals surface area contributed by atoms with E-state index in [0.29, 0.717) is 19.3 Å². The van der Waals surface area contributed by atoms with Crippen LogP contribution in [0.15, 0.2) is 77.7 Å². The number of nitrogens with zero attached hydrogens (tertiary/aromatic N) is 1. The smallest absolute Gasteiger partial charge is 0.335 e. The molecule has 0 amide bonds. The summed E-state index contributed by atoms with van der Waals surface area (Å²) in [6, 6.07) is 22.8. The third kappa shape index (κ3) is 6.96. The predicted octanol–water partition coefficient (Wildman–Crippen LogP) is 6.22. The molecular formula is C29H32N2O4S. The Balaban J connectivity index is 1.84. The number of nitriles is 1. The van der Waals surface area contributed by atoms with E-state index < -0.39 is 21.2 Å². The first kappa shape index (κ1) is 27.0. The molecule has 6 nitrogen and oxygen atoms in total. The van der Waals surface area contributed by atoms with Crippen LogP contribution in [-0.2, 0) is 22.7 Å². The van der Waals surface area contributed by atoms with Gasteiger partial charge < -0.3 is 10.4 Å². The summed E-state index contributed by atoms with van der Waals surface area (Å²) in [5, 5.41) is 21.0. The second kappa shape index (κ2) is 12.9. The third-order valence-corrected chi connectivity index (χ3v) is 8.30. The SMILES string of the molecule is CCCCCCC(Nc1ccccc1CCc1ccc(C(=O)O)cc1)S(=O)(=O)c1ccccc1C#N. The van der Waals surface area contributed by atoms with Crippen molar-refractivity contribution in [3.05, 3.63) is 95.1 Å². The predicted molar refractivity (Wildman–Crippen MR) is 142 cm³/mol. The normalized spacial score (nSPS) is 12.0. The number of anilines is 1. The first-order chi connectivity index (χ1) is 17.4. The van der Waals surface area contributed by atoms with Gasteiger partial charge in [-0.05, 0) is 60.7 Å². The average molecular weight is 505 g/mol. The minimum atomic E-state index is -3.82. The van der Waals surface area contributed by atoms with Gasteiger partial charge in [0.1, 0.15) is 11.4 Å². The van der Waals surface area contributed by atoms with Crippen LogP contribution in [-0.4, -0.2) is 24.9 Å². The molecule has 0 aliphatic carbocycles. The molecule has 0 spiro atoms. The molecular weight excluding hydrogens is 472 g/mol. The molecule has 0 bridgehead atoms. The van der Waals surface area contributed by atoms with Crippen LogP contribution in [0.5, 0.6) is 0 Å². The van der Waals surface area contributed by atoms with E-state index in [9.17, 15) is 18.5 Å². The van der Waals surface area contributed by atoms with Crippen LogP contribution >= 0.6 is 0 Å². The number of carboxylic acid groups (broad SMARTS) is 1. The Hall–Kier alpha value is -3.63. The summed E-state index contributed by atoms with van der Waals surface area (Å²) in [6.07, 6.45) is 5.58. The molecule has 3 rings (SSSR count). The maximum atomic E-state index is 13.7. The largest absolute Gasteiger partial charge is 0.478 e. The number of benzene rings is 3. The van der Waals surface area contributed by atoms with Crippen molar-refractivity contribution in [2.45, 2.75) is 62.1 Å². The molecule has 36 heavy (non-hydrogen) atoms. The van der Waals surface area contributed by atoms with Crippen molar-refractivity contribution in [2.75, 3.05) is 5.32 Å². The van der Waals surface area contributed by atoms with Crippen molar-refractivity contribution in [3.63, 3.8) is 0 Å². The molecule has 3 aromatic carbocycles. The summed E-state index contributed by atoms with van der Waals surface area (Å²) in [5.74, 6) is -0.958. The number of nitrogens with one attached hydrogen (secondary N) is 1. The lowest BCUT2D eigenvalue weighted by molar-refractivity contribution is 0.0697. The Bertz CT molecular complexity index is 1310. The number of unbranched alkanes of at least 4 members (excludes halogenated alkanes) is 3. The van der Waals surface area contributed by atoms with E-state index in [-0.39, 0.29) is 16.0 Å². The van der Waals surface area contributed by atoms with Crippen molar-refractivity contribution >= 4 is 21.5 Å². The summed E-state index contributed by atoms with van der Waals surface area (Å²) in [7, 11) is -3.82. The summed E-state index contributed by atoms with van der Waals surface area (Å²) in [5.41, 5.74) is 3.12. The first-order valence-corrected chi connectivity index (χ1v) is 13.8. The van der Waals surface area contributed by atoms with Crippen molar-refractivity contribution in [3.8, 4) is 6.07 Å². The van der Waals surface area contributed by atoms with Gasteiger partial charge in [-0.1, -0.05) is 75.1 Å². The Kier molecular flexibility index (Phi) is 9.66. The Morgan fingerprint density at radius 3 is 2.33 bits per heavy atom. The van der Waals surface area contributed by atoms with Crippen LogP contribution in [0.1, 0.15) is 66.1 Å². The number of hydrogen-bond acceptors (Lipinski definition) is 5. The Morgan fingerprint density at radius 1 is 0.944 bits per heavy atom. The molecule has 1 atom stereocenters. The number of hydrogen-bond donors (Lipinski definition) is 2. The van der Waals surface area contributed by atoms with Gasteiger partial charge in [-0.25, -0.2) is 13.2 Å². The minimum absolute atomic E-state index is 0.0523. The van der Waals surface area contributed by atoms with Crippen LogP contribution < -0.4 is 5.32 Å². The lowest BCUT2D eigenvalue weighted by Gasteiger charge is -2.23. The van der Waals surface area contributed by atoms with Crippen molar-refractivity contribution in [1.82, 2.24) is 0 Å². The lowest BCUT2D eigenvalue weighted by Crippen LogP contribution is -2.31. The zero-order chi connectivity index (χ0) is 26.0. The lowest BCUT2D eigenvalue weighted by atomic mass is 10.0. The van der Waals surface area contributed by atoms with Crippen LogP contribution in [0.4, 0.5) is 5.69 Å². The number of sulfone groups is 1. The van der Waals surface area contributed by atoms with E-state index in [1.807, 2.05) is 30.3 Å². The number of carbonyl (C=O) groups is 1. The monoisotopic (exact) mass is 504 g/mol. The fourth-order valence-corrected chi connectivity index (χ4v) is 5.92. The topological polar surface area (TPSA) is 107 Å². The van der Waals surface area contributed by atoms with Crippen LogP contribution in [0.3, 0.4) is 0 Å². The summed E-state index contributed by atoms with van der Waals surface area (Å²) in [4.78, 5) is 11.2. The highest BCUT2D eigenvalue weighted by Gasteiger charge is 2.29. The molecule has 3 aromatic rings. The van der Waals surface area contributed by atoms with E-state index in [4.69, 9.17) is 5.11 Å². The molecule has 2 N–H and O–H groups in total. The molecule has 0 radical (unpaired) electrons. The van der Waals surface area contributed by atoms with Gasteiger partial charge in [0.15, 0.2) is 9.84 Å². The maximum absolute atomic E-state index is 13.7. The van der Waals surface area contributed by atoms with Crippen LogP contribution in [0, 0.1) is 11.3 Å². The van der Waals surface area contributed by atoms with Gasteiger partial charge in [-0.3, -0.25) is 0 Å². The van der Waals surface area contributed by atoms with E-state index in [2.05, 4.69) is 12.2 Å². The highest BCUT2D eigenvalue weighted by Crippen LogP contribution is 2.27. The molecule has 188 valence electrons. The molecule has 0 saturated carbocycles. The Labute approximate surface area is 213 Å². The van der Waals surface area contributed by atoms with Gasteiger partial charge in [0.2, 0.25) is 0 Å². The highest BCUT2D eigenvalue weighted by molar-refractivity contribution is 7.92. The van der Waals surface area contributed by atoms with E-state index in [0.717, 1.165) is 42.5 Å². The fourth-order valence-electron chi connectivity index (χ4n) is 4.17. The van der Waals surface area contributed by atoms with Gasteiger partial charge in [0.25, 0.3) is 0 Å². The number of rotatable bonds is 13. The molecule has 0 aromatic heterocycles. The number of carboxylic acids is 1. The average Bonchev–Trinajstić information content (AvgIpc) is 2.89. The molecule has 0 heterocycles. The van der Waals surface area contributed by atoms with Crippen molar-refractivity contribution < 1.29 is 18.3 Å². The number of para-hydroxylation sites is 1. The molecule has 0 saturated heterocycles. The summed E-state index contributed by atoms with van der Waals surface area (Å²) >= 11 is 0. The fraction of sp³-hybridized carbons (Fsp3) is 0.310. The quantitative estimate of drug-likeness (QED) is 0.267. The van der Waals surface area contributed by atoms with Gasteiger partial charge in [-0.15, -0.1) is 0 Å². The van der Waals surface area contributed by atoms with Gasteiger partial charge >= 0.3 is 5.97 Å². The molecule has 0 fully saturated rings. The second-order valence-electron chi connectivity index (χ2n) is 8.79. The zero-order valence-corrected chi connectivity index (χ0v) is 21.3. The van der Waals surface area contributed by atoms with E-state index in [1.165, 1.54) is 12.1 Å². The third-order valence-electron chi connectivity index (χ3n) is 6.23. The first-order valence-electron chi connectivity index (χ1n) is 12.3. The summed E-state index contributed by atoms with van der Waals surface area (Å²) < 4.78 is 27.4. The van der Waals surface area contributed by atoms with E-state index >= 15 is 0 Å². The molecule has 0 aliphatic rings. The highest BCUT2D eigenvalue weighted by atomic mass is 32.2. The van der Waals surface area contributed by atoms with Gasteiger partial charge in [0.05, 0.1) is 16.0 Å². The zero-order valence-electron chi connectivity index (χ0n) is 20.5. The van der Waals surface area contributed by atoms with Crippen molar-refractivity contribution in [1.29, 1.82) is 5.26 Å². The van der Waals surface area contributed by atoms with Crippen molar-refractivity contribution in [2.24, 2.45) is 0 Å². The summed E-state index contributed by atoms with van der Waals surface area (Å²) in [6.45, 7) is 2.11. The number of aryl methyl sites for hydroxylation is 2. The van der Waals surface area contributed by atoms with Crippen LogP contribution in [0.2, 0.25) is 0 Å². The maximum Gasteiger partial charge on any atom is 0.335 e. The molecule has 7 heteroatoms. The van der Waals surface area contributed by atoms with Gasteiger partial charge in [-0.2, -0.15) is 5.26 Å². The van der Waals surface area contributed by atoms with Gasteiger partial charge in [0, 0.05) is 5.69 Å².